The van der Waals surface area contributed by atoms with Crippen molar-refractivity contribution in [1.82, 2.24) is 9.97 Å². The summed E-state index contributed by atoms with van der Waals surface area (Å²) >= 11 is 0.669. The first-order chi connectivity index (χ1) is 9.97. The van der Waals surface area contributed by atoms with E-state index < -0.39 is 14.9 Å². The monoisotopic (exact) mass is 321 g/mol. The highest BCUT2D eigenvalue weighted by Crippen LogP contribution is 2.26. The van der Waals surface area contributed by atoms with Crippen LogP contribution in [0.5, 0.6) is 0 Å². The fourth-order valence-electron chi connectivity index (χ4n) is 2.04. The third-order valence-corrected chi connectivity index (χ3v) is 5.92. The Morgan fingerprint density at radius 2 is 2.10 bits per heavy atom. The van der Waals surface area contributed by atoms with Gasteiger partial charge in [0, 0.05) is 23.5 Å². The van der Waals surface area contributed by atoms with Crippen molar-refractivity contribution in [1.29, 1.82) is 0 Å². The number of hydrogen-bond acceptors (Lipinski definition) is 5. The Hall–Kier alpha value is -2.19. The lowest BCUT2D eigenvalue weighted by molar-refractivity contribution is 0.602. The maximum Gasteiger partial charge on any atom is 0.306 e. The summed E-state index contributed by atoms with van der Waals surface area (Å²) < 4.78 is 27.3. The minimum absolute atomic E-state index is 0.00612. The van der Waals surface area contributed by atoms with Gasteiger partial charge in [-0.2, -0.15) is 0 Å². The first-order valence-electron chi connectivity index (χ1n) is 6.03. The highest BCUT2D eigenvalue weighted by atomic mass is 32.2. The number of benzene rings is 1. The summed E-state index contributed by atoms with van der Waals surface area (Å²) in [6, 6.07) is 7.08. The van der Waals surface area contributed by atoms with Gasteiger partial charge in [-0.1, -0.05) is 23.5 Å². The minimum Gasteiger partial charge on any atom is -0.315 e. The number of aromatic nitrogens is 2. The number of H-pyrrole nitrogens is 1. The summed E-state index contributed by atoms with van der Waals surface area (Å²) in [5.74, 6) is 0. The lowest BCUT2D eigenvalue weighted by Crippen LogP contribution is -2.13. The number of anilines is 1. The van der Waals surface area contributed by atoms with Crippen LogP contribution in [0.3, 0.4) is 0 Å². The van der Waals surface area contributed by atoms with Gasteiger partial charge in [-0.15, -0.1) is 0 Å². The molecule has 3 rings (SSSR count). The van der Waals surface area contributed by atoms with Crippen molar-refractivity contribution in [2.45, 2.75) is 11.1 Å². The molecule has 108 valence electrons. The Labute approximate surface area is 124 Å². The fourth-order valence-corrected chi connectivity index (χ4v) is 4.42. The second-order valence-corrected chi connectivity index (χ2v) is 7.30. The van der Waals surface area contributed by atoms with Crippen LogP contribution in [0.2, 0.25) is 0 Å². The number of sulfonamides is 1. The number of nitrogens with one attached hydrogen (secondary N) is 2. The SMILES string of the molecule is Cc1[nH]c(=O)sc1S(=O)(=O)Nc1cccc2ccncc12. The van der Waals surface area contributed by atoms with E-state index in [1.165, 1.54) is 0 Å². The van der Waals surface area contributed by atoms with Gasteiger partial charge in [0.1, 0.15) is 0 Å². The third-order valence-electron chi connectivity index (χ3n) is 2.95. The second kappa shape index (κ2) is 4.97. The number of aromatic amines is 1. The molecule has 2 aromatic heterocycles. The van der Waals surface area contributed by atoms with E-state index in [9.17, 15) is 13.2 Å². The van der Waals surface area contributed by atoms with E-state index in [1.54, 1.807) is 37.5 Å². The molecule has 8 heteroatoms. The van der Waals surface area contributed by atoms with Gasteiger partial charge in [-0.25, -0.2) is 8.42 Å². The Bertz CT molecular complexity index is 968. The van der Waals surface area contributed by atoms with E-state index in [2.05, 4.69) is 14.7 Å². The lowest BCUT2D eigenvalue weighted by atomic mass is 10.1. The average Bonchev–Trinajstić information content (AvgIpc) is 2.79. The van der Waals surface area contributed by atoms with Crippen LogP contribution in [0.25, 0.3) is 10.8 Å². The summed E-state index contributed by atoms with van der Waals surface area (Å²) in [5, 5.41) is 1.58. The highest BCUT2D eigenvalue weighted by molar-refractivity contribution is 7.94. The fraction of sp³-hybridized carbons (Fsp3) is 0.0769. The molecule has 1 aromatic carbocycles. The molecule has 2 N–H and O–H groups in total. The molecule has 0 fully saturated rings. The molecule has 21 heavy (non-hydrogen) atoms. The number of pyridine rings is 1. The van der Waals surface area contributed by atoms with Crippen LogP contribution in [0, 0.1) is 6.92 Å². The molecule has 0 radical (unpaired) electrons. The summed E-state index contributed by atoms with van der Waals surface area (Å²) in [6.07, 6.45) is 3.24. The van der Waals surface area contributed by atoms with Crippen molar-refractivity contribution in [3.63, 3.8) is 0 Å². The van der Waals surface area contributed by atoms with Gasteiger partial charge in [0.15, 0.2) is 4.21 Å². The molecule has 0 unspecified atom stereocenters. The smallest absolute Gasteiger partial charge is 0.306 e. The number of rotatable bonds is 3. The van der Waals surface area contributed by atoms with Crippen LogP contribution in [0.4, 0.5) is 5.69 Å². The molecule has 3 aromatic rings. The zero-order chi connectivity index (χ0) is 15.0. The second-order valence-electron chi connectivity index (χ2n) is 4.43. The highest BCUT2D eigenvalue weighted by Gasteiger charge is 2.21. The summed E-state index contributed by atoms with van der Waals surface area (Å²) in [7, 11) is -3.81. The van der Waals surface area contributed by atoms with Crippen molar-refractivity contribution < 1.29 is 8.42 Å². The van der Waals surface area contributed by atoms with E-state index in [1.807, 2.05) is 6.07 Å². The predicted octanol–water partition coefficient (Wildman–Crippen LogP) is 2.09. The molecule has 0 aliphatic rings. The van der Waals surface area contributed by atoms with Gasteiger partial charge in [-0.05, 0) is 24.4 Å². The summed E-state index contributed by atoms with van der Waals surface area (Å²) in [5.41, 5.74) is 0.761. The lowest BCUT2D eigenvalue weighted by Gasteiger charge is -2.09. The topological polar surface area (TPSA) is 91.9 Å². The number of thiazole rings is 1. The van der Waals surface area contributed by atoms with Crippen molar-refractivity contribution in [2.75, 3.05) is 4.72 Å². The molecule has 6 nitrogen and oxygen atoms in total. The Morgan fingerprint density at radius 1 is 1.29 bits per heavy atom. The van der Waals surface area contributed by atoms with Crippen LogP contribution in [0.15, 0.2) is 45.7 Å². The standard InChI is InChI=1S/C13H11N3O3S2/c1-8-12(20-13(17)15-8)21(18,19)16-11-4-2-3-9-5-6-14-7-10(9)11/h2-7,16H,1H3,(H,15,17). The largest absolute Gasteiger partial charge is 0.315 e. The number of aryl methyl sites for hydroxylation is 1. The van der Waals surface area contributed by atoms with Crippen LogP contribution in [-0.4, -0.2) is 18.4 Å². The first kappa shape index (κ1) is 13.8. The molecular formula is C13H11N3O3S2. The van der Waals surface area contributed by atoms with E-state index in [0.29, 0.717) is 28.1 Å². The molecular weight excluding hydrogens is 310 g/mol. The van der Waals surface area contributed by atoms with Crippen LogP contribution >= 0.6 is 11.3 Å². The third kappa shape index (κ3) is 2.55. The number of fused-ring (bicyclic) bond motifs is 1. The van der Waals surface area contributed by atoms with Crippen molar-refractivity contribution in [2.24, 2.45) is 0 Å². The maximum absolute atomic E-state index is 12.4. The number of hydrogen-bond donors (Lipinski definition) is 2. The Balaban J connectivity index is 2.10. The van der Waals surface area contributed by atoms with Gasteiger partial charge >= 0.3 is 4.87 Å². The molecule has 0 spiro atoms. The molecule has 0 saturated heterocycles. The van der Waals surface area contributed by atoms with E-state index in [4.69, 9.17) is 0 Å². The quantitative estimate of drug-likeness (QED) is 0.772. The minimum atomic E-state index is -3.81. The normalized spacial score (nSPS) is 11.7. The van der Waals surface area contributed by atoms with E-state index in [-0.39, 0.29) is 4.21 Å². The van der Waals surface area contributed by atoms with Crippen molar-refractivity contribution in [3.8, 4) is 0 Å². The van der Waals surface area contributed by atoms with Crippen LogP contribution in [0.1, 0.15) is 5.69 Å². The molecule has 0 saturated carbocycles. The molecule has 0 amide bonds. The van der Waals surface area contributed by atoms with Crippen molar-refractivity contribution in [3.05, 3.63) is 52.0 Å². The summed E-state index contributed by atoms with van der Waals surface area (Å²) in [4.78, 5) is 17.4. The summed E-state index contributed by atoms with van der Waals surface area (Å²) in [6.45, 7) is 1.55. The van der Waals surface area contributed by atoms with Crippen molar-refractivity contribution >= 4 is 37.8 Å². The van der Waals surface area contributed by atoms with Gasteiger partial charge in [0.05, 0.1) is 5.69 Å². The van der Waals surface area contributed by atoms with Crippen LogP contribution in [-0.2, 0) is 10.0 Å². The van der Waals surface area contributed by atoms with Crippen LogP contribution < -0.4 is 9.60 Å². The first-order valence-corrected chi connectivity index (χ1v) is 8.32. The molecule has 0 atom stereocenters. The molecule has 0 bridgehead atoms. The van der Waals surface area contributed by atoms with E-state index >= 15 is 0 Å². The van der Waals surface area contributed by atoms with Gasteiger partial charge < -0.3 is 4.98 Å². The molecule has 2 heterocycles. The van der Waals surface area contributed by atoms with Gasteiger partial charge in [-0.3, -0.25) is 14.5 Å². The average molecular weight is 321 g/mol. The Kier molecular flexibility index (Phi) is 3.26. The predicted molar refractivity (Wildman–Crippen MR) is 82.2 cm³/mol. The molecule has 0 aliphatic heterocycles. The zero-order valence-electron chi connectivity index (χ0n) is 11.0. The maximum atomic E-state index is 12.4. The zero-order valence-corrected chi connectivity index (χ0v) is 12.6. The van der Waals surface area contributed by atoms with Gasteiger partial charge in [0.2, 0.25) is 0 Å². The van der Waals surface area contributed by atoms with E-state index in [0.717, 1.165) is 5.39 Å². The number of nitrogens with zero attached hydrogens (tertiary/aromatic N) is 1. The van der Waals surface area contributed by atoms with Gasteiger partial charge in [0.25, 0.3) is 10.0 Å². The Morgan fingerprint density at radius 3 is 2.81 bits per heavy atom. The molecule has 0 aliphatic carbocycles.